The van der Waals surface area contributed by atoms with Crippen molar-refractivity contribution in [1.29, 1.82) is 0 Å². The van der Waals surface area contributed by atoms with Gasteiger partial charge in [-0.25, -0.2) is 0 Å². The molecule has 0 amide bonds. The summed E-state index contributed by atoms with van der Waals surface area (Å²) in [6.45, 7) is 13.1. The van der Waals surface area contributed by atoms with Gasteiger partial charge in [-0.05, 0) is 37.1 Å². The molecule has 0 unspecified atom stereocenters. The molecule has 2 aromatic carbocycles. The number of halogens is 2. The molecule has 0 spiro atoms. The number of non-ortho nitro benzene ring substituents is 2. The average molecular weight is 606 g/mol. The molecule has 0 bridgehead atoms. The lowest BCUT2D eigenvalue weighted by molar-refractivity contribution is -0.385. The van der Waals surface area contributed by atoms with Gasteiger partial charge in [0.15, 0.2) is 0 Å². The van der Waals surface area contributed by atoms with Gasteiger partial charge < -0.3 is 19.3 Å². The normalized spacial score (nSPS) is 15.4. The van der Waals surface area contributed by atoms with Crippen LogP contribution in [0.4, 0.5) is 11.4 Å². The Hall–Kier alpha value is -2.74. The molecule has 0 aromatic heterocycles. The fourth-order valence-corrected chi connectivity index (χ4v) is 3.86. The summed E-state index contributed by atoms with van der Waals surface area (Å²) in [5.41, 5.74) is 1.52. The third kappa shape index (κ3) is 13.1. The Bertz CT molecular complexity index is 1050. The van der Waals surface area contributed by atoms with Crippen LogP contribution in [-0.2, 0) is 9.47 Å². The van der Waals surface area contributed by atoms with Crippen LogP contribution >= 0.6 is 24.0 Å². The largest absolute Gasteiger partial charge is 0.507 e. The topological polar surface area (TPSA) is 141 Å². The van der Waals surface area contributed by atoms with Crippen LogP contribution in [0.2, 0.25) is 0 Å². The fraction of sp³-hybridized carbons (Fsp3) is 0.538. The zero-order valence-corrected chi connectivity index (χ0v) is 24.4. The summed E-state index contributed by atoms with van der Waals surface area (Å²) >= 11 is 5.55. The minimum atomic E-state index is -0.542. The smallest absolute Gasteiger partial charge is 0.273 e. The van der Waals surface area contributed by atoms with Crippen LogP contribution in [0.3, 0.4) is 0 Å². The maximum atomic E-state index is 10.7. The van der Waals surface area contributed by atoms with Crippen molar-refractivity contribution < 1.29 is 29.2 Å². The molecule has 2 aromatic rings. The molecule has 14 heteroatoms. The molecule has 0 aliphatic carbocycles. The first kappa shape index (κ1) is 35.3. The lowest BCUT2D eigenvalue weighted by Gasteiger charge is -2.26. The van der Waals surface area contributed by atoms with Crippen molar-refractivity contribution in [3.8, 4) is 11.5 Å². The summed E-state index contributed by atoms with van der Waals surface area (Å²) in [5, 5.41) is 29.9. The molecule has 224 valence electrons. The van der Waals surface area contributed by atoms with Gasteiger partial charge in [-0.2, -0.15) is 0 Å². The molecule has 2 fully saturated rings. The molecule has 2 saturated heterocycles. The Kier molecular flexibility index (Phi) is 17.1. The highest BCUT2D eigenvalue weighted by Crippen LogP contribution is 2.24. The van der Waals surface area contributed by atoms with Crippen molar-refractivity contribution in [3.63, 3.8) is 0 Å². The lowest BCUT2D eigenvalue weighted by atomic mass is 10.2. The number of rotatable bonds is 8. The van der Waals surface area contributed by atoms with E-state index in [0.29, 0.717) is 17.9 Å². The third-order valence-corrected chi connectivity index (χ3v) is 6.23. The van der Waals surface area contributed by atoms with E-state index in [0.717, 1.165) is 83.2 Å². The van der Waals surface area contributed by atoms with Gasteiger partial charge in [0.2, 0.25) is 0 Å². The van der Waals surface area contributed by atoms with Gasteiger partial charge in [-0.1, -0.05) is 0 Å². The summed E-state index contributed by atoms with van der Waals surface area (Å²) < 4.78 is 16.1. The predicted octanol–water partition coefficient (Wildman–Crippen LogP) is 4.20. The van der Waals surface area contributed by atoms with Gasteiger partial charge in [0.25, 0.3) is 11.4 Å². The van der Waals surface area contributed by atoms with E-state index in [9.17, 15) is 20.2 Å². The van der Waals surface area contributed by atoms with Crippen LogP contribution in [0.5, 0.6) is 11.5 Å². The van der Waals surface area contributed by atoms with Crippen LogP contribution in [0.25, 0.3) is 0 Å². The van der Waals surface area contributed by atoms with E-state index in [1.165, 1.54) is 24.3 Å². The van der Waals surface area contributed by atoms with Crippen molar-refractivity contribution in [3.05, 3.63) is 67.8 Å². The quantitative estimate of drug-likeness (QED) is 0.264. The highest BCUT2D eigenvalue weighted by Gasteiger charge is 2.12. The SMILES string of the molecule is Cc1ccc([N+](=O)[O-])cc1O.Cc1ccc([N+](=O)[O-])cc1OCCN1CCOCC1.Cl.ClCCN1CCOCC1. The summed E-state index contributed by atoms with van der Waals surface area (Å²) in [6.07, 6.45) is 0. The molecule has 2 heterocycles. The number of aromatic hydroxyl groups is 1. The van der Waals surface area contributed by atoms with Crippen LogP contribution in [0.1, 0.15) is 11.1 Å². The maximum absolute atomic E-state index is 10.7. The monoisotopic (exact) mass is 604 g/mol. The Morgan fingerprint density at radius 3 is 1.80 bits per heavy atom. The summed E-state index contributed by atoms with van der Waals surface area (Å²) in [5.74, 6) is 1.28. The zero-order valence-electron chi connectivity index (χ0n) is 22.8. The van der Waals surface area contributed by atoms with Gasteiger partial charge in [0.05, 0.1) is 48.4 Å². The minimum Gasteiger partial charge on any atom is -0.507 e. The molecular formula is C26H38Cl2N4O8. The summed E-state index contributed by atoms with van der Waals surface area (Å²) in [7, 11) is 0. The molecule has 0 saturated carbocycles. The lowest BCUT2D eigenvalue weighted by Crippen LogP contribution is -2.38. The Morgan fingerprint density at radius 2 is 1.32 bits per heavy atom. The van der Waals surface area contributed by atoms with Gasteiger partial charge in [0.1, 0.15) is 18.1 Å². The molecule has 0 atom stereocenters. The number of alkyl halides is 1. The van der Waals surface area contributed by atoms with Crippen LogP contribution in [-0.4, -0.2) is 103 Å². The van der Waals surface area contributed by atoms with Crippen LogP contribution < -0.4 is 4.74 Å². The molecule has 1 N–H and O–H groups in total. The average Bonchev–Trinajstić information content (AvgIpc) is 2.93. The van der Waals surface area contributed by atoms with Crippen molar-refractivity contribution in [2.24, 2.45) is 0 Å². The number of morpholine rings is 2. The number of phenols is 1. The Balaban J connectivity index is 0.000000324. The highest BCUT2D eigenvalue weighted by atomic mass is 35.5. The molecule has 12 nitrogen and oxygen atoms in total. The van der Waals surface area contributed by atoms with Crippen LogP contribution in [0.15, 0.2) is 36.4 Å². The predicted molar refractivity (Wildman–Crippen MR) is 155 cm³/mol. The van der Waals surface area contributed by atoms with E-state index in [1.807, 2.05) is 6.92 Å². The van der Waals surface area contributed by atoms with E-state index in [-0.39, 0.29) is 29.5 Å². The maximum Gasteiger partial charge on any atom is 0.273 e. The van der Waals surface area contributed by atoms with Gasteiger partial charge in [0, 0.05) is 57.3 Å². The van der Waals surface area contributed by atoms with Crippen molar-refractivity contribution in [2.45, 2.75) is 13.8 Å². The van der Waals surface area contributed by atoms with Crippen molar-refractivity contribution in [2.75, 3.05) is 78.2 Å². The molecule has 0 radical (unpaired) electrons. The molecule has 2 aliphatic rings. The number of ether oxygens (including phenoxy) is 3. The summed E-state index contributed by atoms with van der Waals surface area (Å²) in [6, 6.07) is 8.68. The molecule has 40 heavy (non-hydrogen) atoms. The fourth-order valence-electron chi connectivity index (χ4n) is 3.62. The van der Waals surface area contributed by atoms with Crippen LogP contribution in [0, 0.1) is 34.1 Å². The number of nitro groups is 2. The third-order valence-electron chi connectivity index (χ3n) is 6.06. The molecular weight excluding hydrogens is 567 g/mol. The first-order valence-electron chi connectivity index (χ1n) is 12.7. The van der Waals surface area contributed by atoms with E-state index in [4.69, 9.17) is 30.9 Å². The second-order valence-electron chi connectivity index (χ2n) is 8.88. The van der Waals surface area contributed by atoms with E-state index in [1.54, 1.807) is 13.0 Å². The number of aryl methyl sites for hydroxylation is 2. The second kappa shape index (κ2) is 19.4. The summed E-state index contributed by atoms with van der Waals surface area (Å²) in [4.78, 5) is 24.5. The molecule has 4 rings (SSSR count). The van der Waals surface area contributed by atoms with Gasteiger partial charge in [-0.15, -0.1) is 24.0 Å². The van der Waals surface area contributed by atoms with Gasteiger partial charge in [-0.3, -0.25) is 30.0 Å². The van der Waals surface area contributed by atoms with Crippen molar-refractivity contribution in [1.82, 2.24) is 9.80 Å². The first-order chi connectivity index (χ1) is 18.7. The minimum absolute atomic E-state index is 0. The standard InChI is InChI=1S/C13H18N2O4.C7H7NO3.C6H12ClNO.ClH/c1-11-2-3-12(15(16)17)10-13(11)19-9-6-14-4-7-18-8-5-14;1-5-2-3-6(8(10)11)4-7(5)9;7-1-2-8-3-5-9-6-4-8;/h2-3,10H,4-9H2,1H3;2-4,9H,1H3;1-6H2;1H. The zero-order chi connectivity index (χ0) is 28.6. The number of nitro benzene ring substituents is 2. The van der Waals surface area contributed by atoms with Crippen molar-refractivity contribution >= 4 is 35.4 Å². The Labute approximate surface area is 245 Å². The number of hydrogen-bond acceptors (Lipinski definition) is 10. The van der Waals surface area contributed by atoms with E-state index < -0.39 is 9.85 Å². The first-order valence-corrected chi connectivity index (χ1v) is 13.2. The van der Waals surface area contributed by atoms with E-state index in [2.05, 4.69) is 9.80 Å². The van der Waals surface area contributed by atoms with Gasteiger partial charge >= 0.3 is 0 Å². The number of nitrogens with zero attached hydrogens (tertiary/aromatic N) is 4. The Morgan fingerprint density at radius 1 is 0.850 bits per heavy atom. The molecule has 2 aliphatic heterocycles. The van der Waals surface area contributed by atoms with E-state index >= 15 is 0 Å². The number of hydrogen-bond donors (Lipinski definition) is 1. The highest BCUT2D eigenvalue weighted by molar-refractivity contribution is 6.18. The number of phenolic OH excluding ortho intramolecular Hbond substituents is 1. The second-order valence-corrected chi connectivity index (χ2v) is 9.26. The number of benzene rings is 2.